The maximum Gasteiger partial charge on any atom is 0.222 e. The molecular weight excluding hydrogens is 258 g/mol. The summed E-state index contributed by atoms with van der Waals surface area (Å²) >= 11 is 0. The van der Waals surface area contributed by atoms with E-state index in [2.05, 4.69) is 39.7 Å². The number of aryl methyl sites for hydroxylation is 2. The smallest absolute Gasteiger partial charge is 0.222 e. The molecule has 0 aliphatic heterocycles. The first-order chi connectivity index (χ1) is 9.58. The van der Waals surface area contributed by atoms with Crippen LogP contribution in [0.3, 0.4) is 0 Å². The van der Waals surface area contributed by atoms with Crippen LogP contribution in [0.1, 0.15) is 32.1 Å². The molecule has 0 fully saturated rings. The van der Waals surface area contributed by atoms with E-state index in [0.717, 1.165) is 5.82 Å². The summed E-state index contributed by atoms with van der Waals surface area (Å²) in [5.74, 6) is 1.08. The fourth-order valence-corrected chi connectivity index (χ4v) is 1.95. The fourth-order valence-electron chi connectivity index (χ4n) is 1.95. The van der Waals surface area contributed by atoms with Gasteiger partial charge in [0.15, 0.2) is 0 Å². The van der Waals surface area contributed by atoms with Crippen molar-refractivity contribution in [1.82, 2.24) is 35.1 Å². The first-order valence-corrected chi connectivity index (χ1v) is 6.55. The van der Waals surface area contributed by atoms with Gasteiger partial charge in [0.25, 0.3) is 0 Å². The molecule has 108 valence electrons. The summed E-state index contributed by atoms with van der Waals surface area (Å²) in [6, 6.07) is -0.101. The highest BCUT2D eigenvalue weighted by atomic mass is 16.1. The van der Waals surface area contributed by atoms with Gasteiger partial charge in [-0.25, -0.2) is 9.67 Å². The van der Waals surface area contributed by atoms with E-state index in [1.54, 1.807) is 6.20 Å². The highest BCUT2D eigenvalue weighted by Crippen LogP contribution is 2.19. The Balaban J connectivity index is 1.95. The van der Waals surface area contributed by atoms with E-state index in [4.69, 9.17) is 0 Å². The molecule has 0 unspecified atom stereocenters. The molecule has 0 saturated heterocycles. The standard InChI is InChI=1S/C12H19N7O/c1-9(2)11(12-13-5-7-18(12)3)15-10(20)4-6-19-8-14-16-17-19/h5,7-9,11H,4,6H2,1-3H3,(H,15,20)/t11-/m1/s1. The Bertz CT molecular complexity index is 546. The number of hydrogen-bond donors (Lipinski definition) is 1. The molecule has 1 atom stereocenters. The maximum absolute atomic E-state index is 12.0. The number of nitrogens with one attached hydrogen (secondary N) is 1. The Kier molecular flexibility index (Phi) is 4.44. The molecule has 0 bridgehead atoms. The predicted molar refractivity (Wildman–Crippen MR) is 71.4 cm³/mol. The molecule has 20 heavy (non-hydrogen) atoms. The third kappa shape index (κ3) is 3.40. The van der Waals surface area contributed by atoms with E-state index in [-0.39, 0.29) is 17.9 Å². The van der Waals surface area contributed by atoms with Crippen molar-refractivity contribution in [2.75, 3.05) is 0 Å². The molecule has 0 aliphatic carbocycles. The van der Waals surface area contributed by atoms with Crippen LogP contribution in [0.25, 0.3) is 0 Å². The van der Waals surface area contributed by atoms with E-state index < -0.39 is 0 Å². The van der Waals surface area contributed by atoms with Gasteiger partial charge < -0.3 is 9.88 Å². The van der Waals surface area contributed by atoms with Crippen molar-refractivity contribution < 1.29 is 4.79 Å². The highest BCUT2D eigenvalue weighted by molar-refractivity contribution is 5.76. The minimum atomic E-state index is -0.101. The number of rotatable bonds is 6. The van der Waals surface area contributed by atoms with E-state index in [9.17, 15) is 4.79 Å². The van der Waals surface area contributed by atoms with Crippen LogP contribution in [0, 0.1) is 5.92 Å². The van der Waals surface area contributed by atoms with Gasteiger partial charge in [-0.2, -0.15) is 0 Å². The van der Waals surface area contributed by atoms with Gasteiger partial charge in [-0.15, -0.1) is 5.10 Å². The lowest BCUT2D eigenvalue weighted by molar-refractivity contribution is -0.122. The van der Waals surface area contributed by atoms with Gasteiger partial charge in [0, 0.05) is 25.9 Å². The summed E-state index contributed by atoms with van der Waals surface area (Å²) in [5, 5.41) is 13.8. The number of aromatic nitrogens is 6. The average Bonchev–Trinajstić information content (AvgIpc) is 3.04. The van der Waals surface area contributed by atoms with E-state index in [1.165, 1.54) is 11.0 Å². The summed E-state index contributed by atoms with van der Waals surface area (Å²) in [6.45, 7) is 4.58. The number of hydrogen-bond acceptors (Lipinski definition) is 5. The van der Waals surface area contributed by atoms with Crippen molar-refractivity contribution in [3.8, 4) is 0 Å². The van der Waals surface area contributed by atoms with Crippen molar-refractivity contribution in [2.45, 2.75) is 32.9 Å². The van der Waals surface area contributed by atoms with Gasteiger partial charge in [0.1, 0.15) is 12.2 Å². The van der Waals surface area contributed by atoms with Crippen LogP contribution in [0.2, 0.25) is 0 Å². The summed E-state index contributed by atoms with van der Waals surface area (Å²) in [7, 11) is 1.92. The van der Waals surface area contributed by atoms with Crippen LogP contribution in [0.5, 0.6) is 0 Å². The lowest BCUT2D eigenvalue weighted by atomic mass is 10.0. The van der Waals surface area contributed by atoms with E-state index in [1.807, 2.05) is 17.8 Å². The monoisotopic (exact) mass is 277 g/mol. The number of tetrazole rings is 1. The van der Waals surface area contributed by atoms with Crippen LogP contribution in [-0.2, 0) is 18.4 Å². The molecule has 0 saturated carbocycles. The second-order valence-electron chi connectivity index (χ2n) is 5.01. The van der Waals surface area contributed by atoms with Gasteiger partial charge in [-0.05, 0) is 16.3 Å². The zero-order chi connectivity index (χ0) is 14.5. The molecule has 2 aromatic rings. The summed E-state index contributed by atoms with van der Waals surface area (Å²) in [6.07, 6.45) is 5.43. The van der Waals surface area contributed by atoms with Crippen molar-refractivity contribution in [3.05, 3.63) is 24.5 Å². The van der Waals surface area contributed by atoms with Crippen LogP contribution in [0.4, 0.5) is 0 Å². The first-order valence-electron chi connectivity index (χ1n) is 6.55. The lowest BCUT2D eigenvalue weighted by Crippen LogP contribution is -2.34. The van der Waals surface area contributed by atoms with E-state index in [0.29, 0.717) is 13.0 Å². The fraction of sp³-hybridized carbons (Fsp3) is 0.583. The van der Waals surface area contributed by atoms with Crippen LogP contribution in [0.15, 0.2) is 18.7 Å². The molecule has 1 N–H and O–H groups in total. The second-order valence-corrected chi connectivity index (χ2v) is 5.01. The number of carbonyl (C=O) groups is 1. The molecule has 0 aromatic carbocycles. The van der Waals surface area contributed by atoms with Crippen molar-refractivity contribution in [1.29, 1.82) is 0 Å². The molecule has 2 aromatic heterocycles. The van der Waals surface area contributed by atoms with Crippen molar-refractivity contribution >= 4 is 5.91 Å². The molecular formula is C12H19N7O. The van der Waals surface area contributed by atoms with Gasteiger partial charge in [0.2, 0.25) is 5.91 Å². The second kappa shape index (κ2) is 6.27. The topological polar surface area (TPSA) is 90.5 Å². The molecule has 0 spiro atoms. The average molecular weight is 277 g/mol. The molecule has 0 aliphatic rings. The third-order valence-electron chi connectivity index (χ3n) is 3.08. The van der Waals surface area contributed by atoms with Crippen molar-refractivity contribution in [3.63, 3.8) is 0 Å². The molecule has 2 rings (SSSR count). The summed E-state index contributed by atoms with van der Waals surface area (Å²) in [4.78, 5) is 16.3. The summed E-state index contributed by atoms with van der Waals surface area (Å²) < 4.78 is 3.46. The first kappa shape index (κ1) is 14.2. The van der Waals surface area contributed by atoms with Gasteiger partial charge in [-0.1, -0.05) is 13.8 Å². The quantitative estimate of drug-likeness (QED) is 0.820. The van der Waals surface area contributed by atoms with Crippen molar-refractivity contribution in [2.24, 2.45) is 13.0 Å². The normalized spacial score (nSPS) is 12.6. The number of nitrogens with zero attached hydrogens (tertiary/aromatic N) is 6. The van der Waals surface area contributed by atoms with Gasteiger partial charge >= 0.3 is 0 Å². The SMILES string of the molecule is CC(C)[C@@H](NC(=O)CCn1cnnn1)c1nccn1C. The number of carbonyl (C=O) groups excluding carboxylic acids is 1. The van der Waals surface area contributed by atoms with Crippen LogP contribution < -0.4 is 5.32 Å². The molecule has 2 heterocycles. The van der Waals surface area contributed by atoms with Crippen LogP contribution >= 0.6 is 0 Å². The predicted octanol–water partition coefficient (Wildman–Crippen LogP) is 0.310. The molecule has 8 heteroatoms. The van der Waals surface area contributed by atoms with Gasteiger partial charge in [0.05, 0.1) is 12.6 Å². The zero-order valence-corrected chi connectivity index (χ0v) is 11.9. The highest BCUT2D eigenvalue weighted by Gasteiger charge is 2.21. The Hall–Kier alpha value is -2.25. The van der Waals surface area contributed by atoms with E-state index >= 15 is 0 Å². The molecule has 8 nitrogen and oxygen atoms in total. The minimum Gasteiger partial charge on any atom is -0.346 e. The minimum absolute atomic E-state index is 0.0396. The zero-order valence-electron chi connectivity index (χ0n) is 11.9. The third-order valence-corrected chi connectivity index (χ3v) is 3.08. The summed E-state index contributed by atoms with van der Waals surface area (Å²) in [5.41, 5.74) is 0. The number of imidazole rings is 1. The Morgan fingerprint density at radius 2 is 2.25 bits per heavy atom. The largest absolute Gasteiger partial charge is 0.346 e. The number of amides is 1. The molecule has 1 amide bonds. The molecule has 0 radical (unpaired) electrons. The Morgan fingerprint density at radius 1 is 1.45 bits per heavy atom. The van der Waals surface area contributed by atoms with Crippen LogP contribution in [-0.4, -0.2) is 35.7 Å². The maximum atomic E-state index is 12.0. The Labute approximate surface area is 117 Å². The Morgan fingerprint density at radius 3 is 2.80 bits per heavy atom. The lowest BCUT2D eigenvalue weighted by Gasteiger charge is -2.22. The van der Waals surface area contributed by atoms with Gasteiger partial charge in [-0.3, -0.25) is 4.79 Å².